The highest BCUT2D eigenvalue weighted by atomic mass is 32.1. The first-order chi connectivity index (χ1) is 12.9. The lowest BCUT2D eigenvalue weighted by Crippen LogP contribution is -2.27. The second-order valence-electron chi connectivity index (χ2n) is 6.79. The van der Waals surface area contributed by atoms with Crippen molar-refractivity contribution >= 4 is 33.1 Å². The molecule has 0 spiro atoms. The Bertz CT molecular complexity index is 1050. The van der Waals surface area contributed by atoms with Crippen LogP contribution in [-0.4, -0.2) is 39.6 Å². The fraction of sp³-hybridized carbons (Fsp3) is 0.263. The number of nitrogen functional groups attached to an aromatic ring is 1. The zero-order valence-electron chi connectivity index (χ0n) is 14.8. The van der Waals surface area contributed by atoms with E-state index in [1.54, 1.807) is 6.07 Å². The van der Waals surface area contributed by atoms with Crippen molar-refractivity contribution < 1.29 is 15.0 Å². The molecule has 8 heteroatoms. The number of nitrogens with zero attached hydrogens (tertiary/aromatic N) is 2. The van der Waals surface area contributed by atoms with Gasteiger partial charge in [-0.1, -0.05) is 6.07 Å². The van der Waals surface area contributed by atoms with E-state index in [0.717, 1.165) is 41.0 Å². The van der Waals surface area contributed by atoms with Crippen molar-refractivity contribution in [1.82, 2.24) is 15.2 Å². The number of aromatic nitrogens is 1. The van der Waals surface area contributed by atoms with Crippen molar-refractivity contribution in [3.8, 4) is 11.5 Å². The van der Waals surface area contributed by atoms with Crippen LogP contribution in [0.2, 0.25) is 0 Å². The van der Waals surface area contributed by atoms with Gasteiger partial charge in [-0.3, -0.25) is 4.79 Å². The number of benzene rings is 1. The molecule has 7 nitrogen and oxygen atoms in total. The third-order valence-electron chi connectivity index (χ3n) is 4.76. The van der Waals surface area contributed by atoms with Crippen LogP contribution in [0.25, 0.3) is 10.2 Å². The number of aromatic hydroxyl groups is 2. The Labute approximate surface area is 160 Å². The van der Waals surface area contributed by atoms with Crippen LogP contribution in [0, 0.1) is 0 Å². The number of nitrogens with two attached hydrogens (primary N) is 1. The maximum Gasteiger partial charge on any atom is 0.263 e. The Morgan fingerprint density at radius 3 is 2.93 bits per heavy atom. The molecule has 0 radical (unpaired) electrons. The molecule has 27 heavy (non-hydrogen) atoms. The number of likely N-dealkylation sites (N-methyl/N-ethyl adjacent to an activating group) is 1. The molecule has 1 aromatic carbocycles. The number of nitrogens with one attached hydrogen (secondary N) is 1. The van der Waals surface area contributed by atoms with Crippen LogP contribution in [0.1, 0.15) is 26.5 Å². The predicted octanol–water partition coefficient (Wildman–Crippen LogP) is 2.21. The van der Waals surface area contributed by atoms with E-state index >= 15 is 0 Å². The molecule has 0 saturated carbocycles. The molecule has 5 N–H and O–H groups in total. The minimum absolute atomic E-state index is 0.195. The van der Waals surface area contributed by atoms with E-state index < -0.39 is 0 Å². The maximum atomic E-state index is 12.6. The highest BCUT2D eigenvalue weighted by Gasteiger charge is 2.21. The van der Waals surface area contributed by atoms with Crippen LogP contribution < -0.4 is 11.1 Å². The summed E-state index contributed by atoms with van der Waals surface area (Å²) in [5, 5.41) is 22.5. The predicted molar refractivity (Wildman–Crippen MR) is 105 cm³/mol. The summed E-state index contributed by atoms with van der Waals surface area (Å²) in [4.78, 5) is 20.8. The van der Waals surface area contributed by atoms with Crippen molar-refractivity contribution in [1.29, 1.82) is 0 Å². The lowest BCUT2D eigenvalue weighted by molar-refractivity contribution is 0.0955. The second-order valence-corrected chi connectivity index (χ2v) is 7.78. The number of amides is 1. The Kier molecular flexibility index (Phi) is 4.37. The number of fused-ring (bicyclic) bond motifs is 2. The molecular formula is C19H20N4O3S. The van der Waals surface area contributed by atoms with E-state index in [-0.39, 0.29) is 24.0 Å². The number of thiophene rings is 1. The first-order valence-electron chi connectivity index (χ1n) is 8.60. The van der Waals surface area contributed by atoms with Crippen LogP contribution >= 0.6 is 11.3 Å². The van der Waals surface area contributed by atoms with Crippen molar-refractivity contribution in [3.63, 3.8) is 0 Å². The standard InChI is InChI=1S/C19H20N4O3S/c1-23-5-4-13-11(9-23)7-12-16(20)17(27-19(12)22-13)18(26)21-8-10-2-3-14(24)15(25)6-10/h2-3,6-7,24-25H,4-5,8-9,20H2,1H3,(H,21,26). The summed E-state index contributed by atoms with van der Waals surface area (Å²) >= 11 is 1.30. The van der Waals surface area contributed by atoms with Crippen molar-refractivity contribution in [2.75, 3.05) is 19.3 Å². The molecule has 0 fully saturated rings. The molecule has 1 aliphatic rings. The van der Waals surface area contributed by atoms with E-state index in [0.29, 0.717) is 16.1 Å². The zero-order valence-corrected chi connectivity index (χ0v) is 15.6. The van der Waals surface area contributed by atoms with Gasteiger partial charge in [0.25, 0.3) is 5.91 Å². The molecule has 0 saturated heterocycles. The van der Waals surface area contributed by atoms with Gasteiger partial charge in [-0.05, 0) is 36.4 Å². The summed E-state index contributed by atoms with van der Waals surface area (Å²) in [6.07, 6.45) is 0.894. The summed E-state index contributed by atoms with van der Waals surface area (Å²) in [6, 6.07) is 6.48. The summed E-state index contributed by atoms with van der Waals surface area (Å²) < 4.78 is 0. The van der Waals surface area contributed by atoms with Crippen LogP contribution in [-0.2, 0) is 19.5 Å². The smallest absolute Gasteiger partial charge is 0.263 e. The molecule has 3 aromatic rings. The third-order valence-corrected chi connectivity index (χ3v) is 5.87. The average Bonchev–Trinajstić information content (AvgIpc) is 2.96. The van der Waals surface area contributed by atoms with Crippen LogP contribution in [0.15, 0.2) is 24.3 Å². The maximum absolute atomic E-state index is 12.6. The zero-order chi connectivity index (χ0) is 19.1. The van der Waals surface area contributed by atoms with Crippen LogP contribution in [0.4, 0.5) is 5.69 Å². The fourth-order valence-electron chi connectivity index (χ4n) is 3.25. The number of hydrogen-bond acceptors (Lipinski definition) is 7. The number of phenolic OH excluding ortho intramolecular Hbond substituents is 2. The number of carbonyl (C=O) groups is 1. The monoisotopic (exact) mass is 384 g/mol. The molecule has 1 aliphatic heterocycles. The van der Waals surface area contributed by atoms with E-state index in [9.17, 15) is 15.0 Å². The first kappa shape index (κ1) is 17.6. The quantitative estimate of drug-likeness (QED) is 0.515. The van der Waals surface area contributed by atoms with Crippen molar-refractivity contribution in [3.05, 3.63) is 46.0 Å². The fourth-order valence-corrected chi connectivity index (χ4v) is 4.26. The van der Waals surface area contributed by atoms with Gasteiger partial charge in [0.05, 0.1) is 5.69 Å². The molecule has 140 valence electrons. The third kappa shape index (κ3) is 3.29. The lowest BCUT2D eigenvalue weighted by Gasteiger charge is -2.24. The largest absolute Gasteiger partial charge is 0.504 e. The highest BCUT2D eigenvalue weighted by molar-refractivity contribution is 7.21. The molecule has 1 amide bonds. The van der Waals surface area contributed by atoms with E-state index in [4.69, 9.17) is 10.7 Å². The van der Waals surface area contributed by atoms with Gasteiger partial charge in [-0.2, -0.15) is 0 Å². The molecule has 4 rings (SSSR count). The van der Waals surface area contributed by atoms with E-state index in [1.165, 1.54) is 23.5 Å². The number of phenols is 2. The van der Waals surface area contributed by atoms with E-state index in [2.05, 4.69) is 17.3 Å². The van der Waals surface area contributed by atoms with Gasteiger partial charge in [-0.15, -0.1) is 11.3 Å². The molecule has 0 aliphatic carbocycles. The Morgan fingerprint density at radius 2 is 2.15 bits per heavy atom. The van der Waals surface area contributed by atoms with Gasteiger partial charge in [-0.25, -0.2) is 4.98 Å². The van der Waals surface area contributed by atoms with Crippen LogP contribution in [0.5, 0.6) is 11.5 Å². The van der Waals surface area contributed by atoms with Crippen molar-refractivity contribution in [2.24, 2.45) is 0 Å². The minimum atomic E-state index is -0.279. The topological polar surface area (TPSA) is 112 Å². The van der Waals surface area contributed by atoms with E-state index in [1.807, 2.05) is 6.07 Å². The number of hydrogen-bond donors (Lipinski definition) is 4. The van der Waals surface area contributed by atoms with Gasteiger partial charge in [0, 0.05) is 37.1 Å². The number of pyridine rings is 1. The minimum Gasteiger partial charge on any atom is -0.504 e. The Morgan fingerprint density at radius 1 is 1.33 bits per heavy atom. The number of anilines is 1. The van der Waals surface area contributed by atoms with Gasteiger partial charge < -0.3 is 26.2 Å². The van der Waals surface area contributed by atoms with Crippen LogP contribution in [0.3, 0.4) is 0 Å². The summed E-state index contributed by atoms with van der Waals surface area (Å²) in [5.41, 5.74) is 9.60. The molecule has 2 aromatic heterocycles. The lowest BCUT2D eigenvalue weighted by atomic mass is 10.0. The summed E-state index contributed by atoms with van der Waals surface area (Å²) in [6.45, 7) is 2.02. The SMILES string of the molecule is CN1CCc2nc3sc(C(=O)NCc4ccc(O)c(O)c4)c(N)c3cc2C1. The summed E-state index contributed by atoms with van der Waals surface area (Å²) in [5.74, 6) is -0.694. The first-order valence-corrected chi connectivity index (χ1v) is 9.42. The van der Waals surface area contributed by atoms with Gasteiger partial charge in [0.1, 0.15) is 9.71 Å². The molecule has 0 atom stereocenters. The Balaban J connectivity index is 1.58. The molecule has 3 heterocycles. The van der Waals surface area contributed by atoms with Gasteiger partial charge in [0.15, 0.2) is 11.5 Å². The molecule has 0 unspecified atom stereocenters. The Hall–Kier alpha value is -2.84. The van der Waals surface area contributed by atoms with Crippen molar-refractivity contribution in [2.45, 2.75) is 19.5 Å². The number of rotatable bonds is 3. The van der Waals surface area contributed by atoms with Gasteiger partial charge >= 0.3 is 0 Å². The average molecular weight is 384 g/mol. The molecular weight excluding hydrogens is 364 g/mol. The highest BCUT2D eigenvalue weighted by Crippen LogP contribution is 2.35. The normalized spacial score (nSPS) is 14.3. The summed E-state index contributed by atoms with van der Waals surface area (Å²) in [7, 11) is 2.07. The number of carbonyl (C=O) groups excluding carboxylic acids is 1. The second kappa shape index (κ2) is 6.71. The molecule has 0 bridgehead atoms. The van der Waals surface area contributed by atoms with Gasteiger partial charge in [0.2, 0.25) is 0 Å².